The number of allylic oxidation sites excluding steroid dienone is 2. The normalized spacial score (nSPS) is 55.9. The van der Waals surface area contributed by atoms with Gasteiger partial charge in [0.05, 0.1) is 0 Å². The summed E-state index contributed by atoms with van der Waals surface area (Å²) >= 11 is 0. The molecule has 0 aromatic carbocycles. The summed E-state index contributed by atoms with van der Waals surface area (Å²) in [5.74, 6) is 4.26. The van der Waals surface area contributed by atoms with Gasteiger partial charge in [0, 0.05) is 0 Å². The van der Waals surface area contributed by atoms with Crippen LogP contribution in [0.1, 0.15) is 26.2 Å². The van der Waals surface area contributed by atoms with Gasteiger partial charge < -0.3 is 0 Å². The first kappa shape index (κ1) is 5.40. The van der Waals surface area contributed by atoms with E-state index in [4.69, 9.17) is 0 Å². The molecule has 0 bridgehead atoms. The zero-order valence-corrected chi connectivity index (χ0v) is 6.51. The molecule has 0 heteroatoms. The lowest BCUT2D eigenvalue weighted by atomic mass is 9.47. The first-order chi connectivity index (χ1) is 4.84. The molecule has 3 aliphatic carbocycles. The third-order valence-electron chi connectivity index (χ3n) is 3.72. The van der Waals surface area contributed by atoms with E-state index in [1.807, 2.05) is 5.57 Å². The summed E-state index contributed by atoms with van der Waals surface area (Å²) in [6.07, 6.45) is 7.05. The maximum atomic E-state index is 2.54. The van der Waals surface area contributed by atoms with E-state index in [0.717, 1.165) is 23.7 Å². The summed E-state index contributed by atoms with van der Waals surface area (Å²) < 4.78 is 0. The zero-order chi connectivity index (χ0) is 6.72. The maximum Gasteiger partial charge on any atom is -0.0143 e. The molecule has 4 unspecified atom stereocenters. The second-order valence-electron chi connectivity index (χ2n) is 4.44. The van der Waals surface area contributed by atoms with Crippen molar-refractivity contribution in [2.45, 2.75) is 26.2 Å². The number of hydrogen-bond donors (Lipinski definition) is 0. The van der Waals surface area contributed by atoms with E-state index >= 15 is 0 Å². The van der Waals surface area contributed by atoms with Crippen LogP contribution in [0.2, 0.25) is 0 Å². The van der Waals surface area contributed by atoms with Gasteiger partial charge in [0.1, 0.15) is 0 Å². The fourth-order valence-corrected chi connectivity index (χ4v) is 3.30. The van der Waals surface area contributed by atoms with Gasteiger partial charge in [0.25, 0.3) is 0 Å². The highest BCUT2D eigenvalue weighted by molar-refractivity contribution is 5.28. The van der Waals surface area contributed by atoms with Crippen molar-refractivity contribution >= 4 is 0 Å². The Morgan fingerprint density at radius 1 is 1.30 bits per heavy atom. The van der Waals surface area contributed by atoms with Gasteiger partial charge in [-0.15, -0.1) is 0 Å². The first-order valence-electron chi connectivity index (χ1n) is 4.55. The van der Waals surface area contributed by atoms with Gasteiger partial charge in [0.2, 0.25) is 0 Å². The molecular weight excluding hydrogens is 120 g/mol. The molecule has 0 N–H and O–H groups in total. The van der Waals surface area contributed by atoms with Gasteiger partial charge >= 0.3 is 0 Å². The molecule has 54 valence electrons. The summed E-state index contributed by atoms with van der Waals surface area (Å²) in [7, 11) is 0. The van der Waals surface area contributed by atoms with Crippen molar-refractivity contribution in [1.82, 2.24) is 0 Å². The van der Waals surface area contributed by atoms with Crippen LogP contribution in [-0.2, 0) is 0 Å². The Hall–Kier alpha value is -0.260. The third-order valence-corrected chi connectivity index (χ3v) is 3.72. The molecule has 0 amide bonds. The van der Waals surface area contributed by atoms with Crippen LogP contribution < -0.4 is 0 Å². The minimum Gasteiger partial charge on any atom is -0.0822 e. The van der Waals surface area contributed by atoms with Crippen LogP contribution >= 0.6 is 0 Å². The molecule has 0 aromatic heterocycles. The summed E-state index contributed by atoms with van der Waals surface area (Å²) in [5, 5.41) is 0. The molecule has 3 rings (SSSR count). The average molecular weight is 134 g/mol. The van der Waals surface area contributed by atoms with E-state index in [1.165, 1.54) is 12.8 Å². The van der Waals surface area contributed by atoms with Crippen LogP contribution in [0.25, 0.3) is 0 Å². The molecule has 0 aliphatic heterocycles. The standard InChI is InChI=1S/C10H14/c1-6-2-7-4-9-5-8(3-6)10(7)9/h2,6,8-10H,3-5H2,1H3. The topological polar surface area (TPSA) is 0 Å². The first-order valence-corrected chi connectivity index (χ1v) is 4.55. The molecule has 2 saturated carbocycles. The molecule has 0 heterocycles. The van der Waals surface area contributed by atoms with E-state index in [-0.39, 0.29) is 0 Å². The van der Waals surface area contributed by atoms with Crippen molar-refractivity contribution < 1.29 is 0 Å². The van der Waals surface area contributed by atoms with Gasteiger partial charge in [-0.2, -0.15) is 0 Å². The van der Waals surface area contributed by atoms with Gasteiger partial charge in [-0.25, -0.2) is 0 Å². The van der Waals surface area contributed by atoms with Gasteiger partial charge in [-0.05, 0) is 42.9 Å². The smallest absolute Gasteiger partial charge is 0.0143 e. The quantitative estimate of drug-likeness (QED) is 0.447. The Labute approximate surface area is 62.3 Å². The van der Waals surface area contributed by atoms with E-state index in [1.54, 1.807) is 6.42 Å². The van der Waals surface area contributed by atoms with E-state index in [9.17, 15) is 0 Å². The van der Waals surface area contributed by atoms with Crippen molar-refractivity contribution in [2.75, 3.05) is 0 Å². The van der Waals surface area contributed by atoms with E-state index in [2.05, 4.69) is 13.0 Å². The Kier molecular flexibility index (Phi) is 0.805. The third kappa shape index (κ3) is 0.457. The molecule has 0 aromatic rings. The minimum absolute atomic E-state index is 0.900. The Morgan fingerprint density at radius 3 is 2.90 bits per heavy atom. The largest absolute Gasteiger partial charge is 0.0822 e. The average Bonchev–Trinajstić information content (AvgIpc) is 1.78. The predicted octanol–water partition coefficient (Wildman–Crippen LogP) is 2.61. The Morgan fingerprint density at radius 2 is 2.20 bits per heavy atom. The molecular formula is C10H14. The second kappa shape index (κ2) is 1.49. The monoisotopic (exact) mass is 134 g/mol. The fraction of sp³-hybridized carbons (Fsp3) is 0.800. The molecule has 0 nitrogen and oxygen atoms in total. The lowest BCUT2D eigenvalue weighted by molar-refractivity contribution is 0.0133. The fourth-order valence-electron chi connectivity index (χ4n) is 3.30. The summed E-state index contributed by atoms with van der Waals surface area (Å²) in [6, 6.07) is 0. The van der Waals surface area contributed by atoms with Gasteiger partial charge in [-0.1, -0.05) is 18.6 Å². The van der Waals surface area contributed by atoms with Crippen molar-refractivity contribution in [2.24, 2.45) is 23.7 Å². The van der Waals surface area contributed by atoms with Crippen LogP contribution in [0.5, 0.6) is 0 Å². The number of rotatable bonds is 0. The molecule has 10 heavy (non-hydrogen) atoms. The van der Waals surface area contributed by atoms with Crippen LogP contribution in [-0.4, -0.2) is 0 Å². The number of hydrogen-bond acceptors (Lipinski definition) is 0. The van der Waals surface area contributed by atoms with E-state index < -0.39 is 0 Å². The lowest BCUT2D eigenvalue weighted by Gasteiger charge is -2.58. The molecule has 3 aliphatic rings. The Balaban J connectivity index is 1.96. The molecule has 0 saturated heterocycles. The second-order valence-corrected chi connectivity index (χ2v) is 4.44. The highest BCUT2D eigenvalue weighted by atomic mass is 14.6. The minimum atomic E-state index is 0.900. The molecule has 0 radical (unpaired) electrons. The molecule has 2 fully saturated rings. The Bertz CT molecular complexity index is 202. The van der Waals surface area contributed by atoms with Crippen LogP contribution in [0.3, 0.4) is 0 Å². The zero-order valence-electron chi connectivity index (χ0n) is 6.51. The van der Waals surface area contributed by atoms with Gasteiger partial charge in [0.15, 0.2) is 0 Å². The lowest BCUT2D eigenvalue weighted by Crippen LogP contribution is -2.49. The van der Waals surface area contributed by atoms with Crippen LogP contribution in [0.15, 0.2) is 11.6 Å². The van der Waals surface area contributed by atoms with E-state index in [0.29, 0.717) is 0 Å². The van der Waals surface area contributed by atoms with Crippen molar-refractivity contribution in [1.29, 1.82) is 0 Å². The van der Waals surface area contributed by atoms with Crippen LogP contribution in [0.4, 0.5) is 0 Å². The van der Waals surface area contributed by atoms with Crippen LogP contribution in [0, 0.1) is 23.7 Å². The van der Waals surface area contributed by atoms with Crippen molar-refractivity contribution in [3.05, 3.63) is 11.6 Å². The summed E-state index contributed by atoms with van der Waals surface area (Å²) in [6.45, 7) is 2.37. The highest BCUT2D eigenvalue weighted by Crippen LogP contribution is 2.61. The highest BCUT2D eigenvalue weighted by Gasteiger charge is 2.52. The summed E-state index contributed by atoms with van der Waals surface area (Å²) in [5.41, 5.74) is 1.82. The SMILES string of the molecule is CC1C=C2CC3CC(C1)C23. The van der Waals surface area contributed by atoms with Gasteiger partial charge in [-0.3, -0.25) is 0 Å². The summed E-state index contributed by atoms with van der Waals surface area (Å²) in [4.78, 5) is 0. The molecule has 4 atom stereocenters. The van der Waals surface area contributed by atoms with Crippen molar-refractivity contribution in [3.63, 3.8) is 0 Å². The maximum absolute atomic E-state index is 2.54. The van der Waals surface area contributed by atoms with Crippen molar-refractivity contribution in [3.8, 4) is 0 Å². The molecule has 0 spiro atoms. The predicted molar refractivity (Wildman–Crippen MR) is 41.6 cm³/mol.